The van der Waals surface area contributed by atoms with E-state index in [9.17, 15) is 14.7 Å². The Labute approximate surface area is 134 Å². The lowest BCUT2D eigenvalue weighted by Gasteiger charge is -2.07. The summed E-state index contributed by atoms with van der Waals surface area (Å²) in [5, 5.41) is 15.1. The van der Waals surface area contributed by atoms with Gasteiger partial charge in [0.15, 0.2) is 5.75 Å². The molecule has 2 heterocycles. The van der Waals surface area contributed by atoms with Crippen molar-refractivity contribution in [1.29, 1.82) is 0 Å². The van der Waals surface area contributed by atoms with Crippen molar-refractivity contribution >= 4 is 39.1 Å². The summed E-state index contributed by atoms with van der Waals surface area (Å²) in [4.78, 5) is 26.7. The first-order valence-corrected chi connectivity index (χ1v) is 7.67. The molecule has 0 aliphatic heterocycles. The molecule has 0 aliphatic carbocycles. The second kappa shape index (κ2) is 5.82. The van der Waals surface area contributed by atoms with E-state index in [0.29, 0.717) is 15.2 Å². The van der Waals surface area contributed by atoms with Gasteiger partial charge in [-0.1, -0.05) is 23.7 Å². The second-order valence-corrected chi connectivity index (χ2v) is 6.00. The van der Waals surface area contributed by atoms with E-state index in [2.05, 4.69) is 10.3 Å². The van der Waals surface area contributed by atoms with Crippen LogP contribution in [0.2, 0.25) is 5.02 Å². The smallest absolute Gasteiger partial charge is 0.265 e. The molecule has 3 aromatic rings. The predicted molar refractivity (Wildman–Crippen MR) is 86.7 cm³/mol. The van der Waals surface area contributed by atoms with Crippen LogP contribution in [0.25, 0.3) is 10.2 Å². The van der Waals surface area contributed by atoms with Gasteiger partial charge < -0.3 is 15.4 Å². The van der Waals surface area contributed by atoms with Gasteiger partial charge in [-0.3, -0.25) is 9.59 Å². The minimum atomic E-state index is -0.621. The highest BCUT2D eigenvalue weighted by molar-refractivity contribution is 7.17. The largest absolute Gasteiger partial charge is 0.505 e. The van der Waals surface area contributed by atoms with Crippen molar-refractivity contribution in [3.63, 3.8) is 0 Å². The fourth-order valence-electron chi connectivity index (χ4n) is 2.08. The Hall–Kier alpha value is -2.31. The van der Waals surface area contributed by atoms with Crippen molar-refractivity contribution < 1.29 is 9.90 Å². The summed E-state index contributed by atoms with van der Waals surface area (Å²) in [6.45, 7) is 0.233. The Balaban J connectivity index is 1.86. The highest BCUT2D eigenvalue weighted by Crippen LogP contribution is 2.29. The number of hydrogen-bond acceptors (Lipinski definition) is 4. The van der Waals surface area contributed by atoms with Gasteiger partial charge in [0, 0.05) is 11.6 Å². The molecule has 2 aromatic heterocycles. The number of aromatic amines is 1. The second-order valence-electron chi connectivity index (χ2n) is 4.65. The number of fused-ring (bicyclic) bond motifs is 1. The third-order valence-electron chi connectivity index (χ3n) is 3.19. The predicted octanol–water partition coefficient (Wildman–Crippen LogP) is 2.88. The minimum absolute atomic E-state index is 0.233. The first kappa shape index (κ1) is 14.6. The molecule has 0 atom stereocenters. The monoisotopic (exact) mass is 334 g/mol. The van der Waals surface area contributed by atoms with E-state index in [1.807, 2.05) is 0 Å². The number of amides is 1. The number of benzene rings is 1. The fourth-order valence-corrected chi connectivity index (χ4v) is 3.01. The van der Waals surface area contributed by atoms with E-state index in [1.54, 1.807) is 35.7 Å². The van der Waals surface area contributed by atoms with Crippen molar-refractivity contribution in [2.75, 3.05) is 0 Å². The van der Waals surface area contributed by atoms with Crippen LogP contribution >= 0.6 is 22.9 Å². The summed E-state index contributed by atoms with van der Waals surface area (Å²) in [5.74, 6) is -0.911. The van der Waals surface area contributed by atoms with Crippen LogP contribution in [-0.4, -0.2) is 16.0 Å². The lowest BCUT2D eigenvalue weighted by atomic mass is 10.2. The number of aromatic nitrogens is 1. The molecule has 5 nitrogen and oxygen atoms in total. The molecule has 0 saturated heterocycles. The van der Waals surface area contributed by atoms with E-state index in [-0.39, 0.29) is 17.9 Å². The average molecular weight is 335 g/mol. The number of halogens is 1. The molecule has 0 bridgehead atoms. The normalized spacial score (nSPS) is 10.8. The minimum Gasteiger partial charge on any atom is -0.505 e. The zero-order chi connectivity index (χ0) is 15.7. The van der Waals surface area contributed by atoms with Crippen molar-refractivity contribution in [1.82, 2.24) is 10.3 Å². The number of hydrogen-bond donors (Lipinski definition) is 3. The number of thiophene rings is 1. The van der Waals surface area contributed by atoms with Crippen LogP contribution in [-0.2, 0) is 6.54 Å². The Morgan fingerprint density at radius 1 is 1.27 bits per heavy atom. The van der Waals surface area contributed by atoms with Gasteiger partial charge in [-0.15, -0.1) is 11.3 Å². The van der Waals surface area contributed by atoms with Crippen LogP contribution in [0.1, 0.15) is 15.9 Å². The highest BCUT2D eigenvalue weighted by atomic mass is 35.5. The summed E-state index contributed by atoms with van der Waals surface area (Å²) >= 11 is 7.05. The molecule has 1 amide bonds. The summed E-state index contributed by atoms with van der Waals surface area (Å²) in [6.07, 6.45) is 0. The van der Waals surface area contributed by atoms with Gasteiger partial charge in [0.05, 0.1) is 10.2 Å². The summed E-state index contributed by atoms with van der Waals surface area (Å²) in [5.41, 5.74) is 0.466. The van der Waals surface area contributed by atoms with Gasteiger partial charge >= 0.3 is 0 Å². The number of aromatic hydroxyl groups is 1. The number of pyridine rings is 1. The Bertz CT molecular complexity index is 899. The maximum atomic E-state index is 12.2. The van der Waals surface area contributed by atoms with E-state index < -0.39 is 11.5 Å². The Morgan fingerprint density at radius 2 is 2.00 bits per heavy atom. The molecule has 0 spiro atoms. The maximum absolute atomic E-state index is 12.2. The van der Waals surface area contributed by atoms with Crippen LogP contribution in [0.3, 0.4) is 0 Å². The number of H-pyrrole nitrogens is 1. The zero-order valence-corrected chi connectivity index (χ0v) is 12.8. The van der Waals surface area contributed by atoms with E-state index in [4.69, 9.17) is 11.6 Å². The number of rotatable bonds is 3. The third-order valence-corrected chi connectivity index (χ3v) is 4.36. The quantitative estimate of drug-likeness (QED) is 0.688. The van der Waals surface area contributed by atoms with Gasteiger partial charge in [-0.05, 0) is 29.1 Å². The van der Waals surface area contributed by atoms with E-state index in [1.165, 1.54) is 11.3 Å². The lowest BCUT2D eigenvalue weighted by molar-refractivity contribution is 0.0947. The molecule has 22 heavy (non-hydrogen) atoms. The van der Waals surface area contributed by atoms with Crippen LogP contribution in [0, 0.1) is 0 Å². The molecule has 0 aliphatic rings. The number of carbonyl (C=O) groups excluding carboxylic acids is 1. The van der Waals surface area contributed by atoms with Gasteiger partial charge in [0.2, 0.25) is 0 Å². The first-order valence-electron chi connectivity index (χ1n) is 6.41. The Morgan fingerprint density at radius 3 is 2.73 bits per heavy atom. The number of carbonyl (C=O) groups is 1. The van der Waals surface area contributed by atoms with Crippen LogP contribution in [0.5, 0.6) is 5.75 Å². The molecular formula is C15H11ClN2O3S. The average Bonchev–Trinajstić information content (AvgIpc) is 2.95. The SMILES string of the molecule is O=C(NCc1ccc(Cl)cc1)c1c(O)c2sccc2[nH]c1=O. The van der Waals surface area contributed by atoms with Crippen molar-refractivity contribution in [3.8, 4) is 5.75 Å². The van der Waals surface area contributed by atoms with E-state index >= 15 is 0 Å². The molecule has 0 fully saturated rings. The molecule has 0 saturated carbocycles. The number of nitrogens with one attached hydrogen (secondary N) is 2. The van der Waals surface area contributed by atoms with Crippen molar-refractivity contribution in [2.45, 2.75) is 6.54 Å². The lowest BCUT2D eigenvalue weighted by Crippen LogP contribution is -2.29. The van der Waals surface area contributed by atoms with Gasteiger partial charge in [-0.2, -0.15) is 0 Å². The van der Waals surface area contributed by atoms with Crippen LogP contribution in [0.15, 0.2) is 40.5 Å². The van der Waals surface area contributed by atoms with Gasteiger partial charge in [0.1, 0.15) is 5.56 Å². The fraction of sp³-hybridized carbons (Fsp3) is 0.0667. The van der Waals surface area contributed by atoms with Crippen LogP contribution < -0.4 is 10.9 Å². The first-order chi connectivity index (χ1) is 10.6. The summed E-state index contributed by atoms with van der Waals surface area (Å²) < 4.78 is 0.483. The molecule has 3 N–H and O–H groups in total. The molecule has 1 aromatic carbocycles. The molecule has 0 radical (unpaired) electrons. The third kappa shape index (κ3) is 2.70. The molecule has 3 rings (SSSR count). The topological polar surface area (TPSA) is 82.2 Å². The van der Waals surface area contributed by atoms with E-state index in [0.717, 1.165) is 5.56 Å². The zero-order valence-electron chi connectivity index (χ0n) is 11.2. The van der Waals surface area contributed by atoms with Crippen molar-refractivity contribution in [3.05, 3.63) is 62.2 Å². The molecule has 7 heteroatoms. The summed E-state index contributed by atoms with van der Waals surface area (Å²) in [6, 6.07) is 8.65. The highest BCUT2D eigenvalue weighted by Gasteiger charge is 2.19. The van der Waals surface area contributed by atoms with Gasteiger partial charge in [0.25, 0.3) is 11.5 Å². The molecule has 112 valence electrons. The molecule has 0 unspecified atom stereocenters. The Kier molecular flexibility index (Phi) is 3.87. The standard InChI is InChI=1S/C15H11ClN2O3S/c16-9-3-1-8(2-4-9)7-17-14(20)11-12(19)13-10(5-6-22-13)18-15(11)21/h1-6H,7H2,(H,17,20)(H2,18,19,21). The summed E-state index contributed by atoms with van der Waals surface area (Å²) in [7, 11) is 0. The maximum Gasteiger partial charge on any atom is 0.265 e. The van der Waals surface area contributed by atoms with Gasteiger partial charge in [-0.25, -0.2) is 0 Å². The molecular weight excluding hydrogens is 324 g/mol. The van der Waals surface area contributed by atoms with Crippen molar-refractivity contribution in [2.24, 2.45) is 0 Å². The van der Waals surface area contributed by atoms with Crippen LogP contribution in [0.4, 0.5) is 0 Å².